The second kappa shape index (κ2) is 9.01. The third-order valence-electron chi connectivity index (χ3n) is 4.35. The zero-order valence-electron chi connectivity index (χ0n) is 15.6. The van der Waals surface area contributed by atoms with Crippen molar-refractivity contribution in [2.75, 3.05) is 20.2 Å². The minimum atomic E-state index is -1.36. The van der Waals surface area contributed by atoms with Gasteiger partial charge in [-0.1, -0.05) is 36.4 Å². The van der Waals surface area contributed by atoms with Gasteiger partial charge in [-0.05, 0) is 24.3 Å². The average molecular weight is 397 g/mol. The summed E-state index contributed by atoms with van der Waals surface area (Å²) in [5.41, 5.74) is 0.541. The fourth-order valence-corrected chi connectivity index (χ4v) is 2.87. The lowest BCUT2D eigenvalue weighted by molar-refractivity contribution is -0.147. The molecule has 150 valence electrons. The van der Waals surface area contributed by atoms with E-state index in [0.717, 1.165) is 4.90 Å². The molecule has 1 saturated heterocycles. The van der Waals surface area contributed by atoms with Crippen LogP contribution in [0.3, 0.4) is 0 Å². The SMILES string of the molecule is COC(=O)CN1C[C@H](OC(=O)c2ccccc2)[C@@H](OC(=O)c2ccccc2)C1=O. The molecule has 0 bridgehead atoms. The van der Waals surface area contributed by atoms with Crippen molar-refractivity contribution in [3.05, 3.63) is 71.8 Å². The summed E-state index contributed by atoms with van der Waals surface area (Å²) in [6.07, 6.45) is -2.42. The molecule has 1 aliphatic heterocycles. The maximum atomic E-state index is 12.7. The number of hydrogen-bond acceptors (Lipinski definition) is 7. The monoisotopic (exact) mass is 397 g/mol. The Labute approximate surface area is 167 Å². The van der Waals surface area contributed by atoms with Crippen LogP contribution in [-0.4, -0.2) is 61.1 Å². The van der Waals surface area contributed by atoms with Crippen molar-refractivity contribution in [2.24, 2.45) is 0 Å². The molecule has 2 aromatic carbocycles. The van der Waals surface area contributed by atoms with Gasteiger partial charge in [0.05, 0.1) is 24.8 Å². The molecule has 29 heavy (non-hydrogen) atoms. The zero-order valence-corrected chi connectivity index (χ0v) is 15.6. The van der Waals surface area contributed by atoms with Gasteiger partial charge in [0.25, 0.3) is 5.91 Å². The summed E-state index contributed by atoms with van der Waals surface area (Å²) >= 11 is 0. The van der Waals surface area contributed by atoms with Gasteiger partial charge in [-0.25, -0.2) is 9.59 Å². The van der Waals surface area contributed by atoms with Crippen molar-refractivity contribution in [3.63, 3.8) is 0 Å². The number of hydrogen-bond donors (Lipinski definition) is 0. The van der Waals surface area contributed by atoms with E-state index in [0.29, 0.717) is 5.56 Å². The zero-order chi connectivity index (χ0) is 20.8. The lowest BCUT2D eigenvalue weighted by atomic mass is 10.2. The van der Waals surface area contributed by atoms with E-state index in [1.54, 1.807) is 60.7 Å². The van der Waals surface area contributed by atoms with Gasteiger partial charge >= 0.3 is 17.9 Å². The largest absolute Gasteiger partial charge is 0.468 e. The molecule has 2 aromatic rings. The molecular formula is C21H19NO7. The molecule has 3 rings (SSSR count). The predicted molar refractivity (Wildman–Crippen MR) is 99.9 cm³/mol. The number of carbonyl (C=O) groups is 4. The smallest absolute Gasteiger partial charge is 0.339 e. The summed E-state index contributed by atoms with van der Waals surface area (Å²) in [5.74, 6) is -2.67. The molecule has 1 aliphatic rings. The molecule has 0 saturated carbocycles. The molecule has 8 heteroatoms. The second-order valence-electron chi connectivity index (χ2n) is 6.30. The molecule has 0 N–H and O–H groups in total. The predicted octanol–water partition coefficient (Wildman–Crippen LogP) is 1.45. The van der Waals surface area contributed by atoms with Gasteiger partial charge in [-0.15, -0.1) is 0 Å². The highest BCUT2D eigenvalue weighted by Crippen LogP contribution is 2.21. The maximum absolute atomic E-state index is 12.7. The fraction of sp³-hybridized carbons (Fsp3) is 0.238. The number of esters is 3. The Morgan fingerprint density at radius 3 is 1.93 bits per heavy atom. The van der Waals surface area contributed by atoms with Gasteiger partial charge in [0.15, 0.2) is 6.10 Å². The normalized spacial score (nSPS) is 18.2. The first-order chi connectivity index (χ1) is 14.0. The Kier molecular flexibility index (Phi) is 6.23. The number of benzene rings is 2. The van der Waals surface area contributed by atoms with Gasteiger partial charge in [-0.2, -0.15) is 0 Å². The maximum Gasteiger partial charge on any atom is 0.339 e. The number of likely N-dealkylation sites (tertiary alicyclic amines) is 1. The summed E-state index contributed by atoms with van der Waals surface area (Å²) in [6.45, 7) is -0.437. The van der Waals surface area contributed by atoms with Crippen LogP contribution in [0.25, 0.3) is 0 Å². The van der Waals surface area contributed by atoms with Crippen LogP contribution < -0.4 is 0 Å². The molecule has 0 radical (unpaired) electrons. The highest BCUT2D eigenvalue weighted by Gasteiger charge is 2.46. The van der Waals surface area contributed by atoms with Gasteiger partial charge < -0.3 is 19.1 Å². The van der Waals surface area contributed by atoms with E-state index in [-0.39, 0.29) is 18.7 Å². The van der Waals surface area contributed by atoms with Crippen LogP contribution in [0.1, 0.15) is 20.7 Å². The molecule has 1 heterocycles. The van der Waals surface area contributed by atoms with Crippen LogP contribution in [0, 0.1) is 0 Å². The number of rotatable bonds is 6. The summed E-state index contributed by atoms with van der Waals surface area (Å²) < 4.78 is 15.4. The van der Waals surface area contributed by atoms with Crippen LogP contribution >= 0.6 is 0 Å². The molecule has 0 unspecified atom stereocenters. The van der Waals surface area contributed by atoms with E-state index in [1.807, 2.05) is 0 Å². The van der Waals surface area contributed by atoms with E-state index >= 15 is 0 Å². The first-order valence-electron chi connectivity index (χ1n) is 8.87. The minimum absolute atomic E-state index is 0.0980. The number of ether oxygens (including phenoxy) is 3. The lowest BCUT2D eigenvalue weighted by Gasteiger charge is -2.18. The van der Waals surface area contributed by atoms with Crippen molar-refractivity contribution in [2.45, 2.75) is 12.2 Å². The van der Waals surface area contributed by atoms with Crippen LogP contribution in [-0.2, 0) is 23.8 Å². The first kappa shape index (κ1) is 20.1. The number of methoxy groups -OCH3 is 1. The number of carbonyl (C=O) groups excluding carboxylic acids is 4. The Morgan fingerprint density at radius 1 is 0.897 bits per heavy atom. The highest BCUT2D eigenvalue weighted by atomic mass is 16.6. The molecule has 0 aromatic heterocycles. The Balaban J connectivity index is 1.78. The van der Waals surface area contributed by atoms with Crippen LogP contribution in [0.15, 0.2) is 60.7 Å². The summed E-state index contributed by atoms with van der Waals surface area (Å²) in [5, 5.41) is 0. The summed E-state index contributed by atoms with van der Waals surface area (Å²) in [4.78, 5) is 50.2. The van der Waals surface area contributed by atoms with E-state index in [2.05, 4.69) is 4.74 Å². The molecule has 0 aliphatic carbocycles. The third-order valence-corrected chi connectivity index (χ3v) is 4.35. The molecule has 2 atom stereocenters. The molecule has 8 nitrogen and oxygen atoms in total. The molecule has 0 spiro atoms. The van der Waals surface area contributed by atoms with Crippen molar-refractivity contribution >= 4 is 23.8 Å². The van der Waals surface area contributed by atoms with E-state index in [9.17, 15) is 19.2 Å². The van der Waals surface area contributed by atoms with Crippen LogP contribution in [0.2, 0.25) is 0 Å². The fourth-order valence-electron chi connectivity index (χ4n) is 2.87. The lowest BCUT2D eigenvalue weighted by Crippen LogP contribution is -2.37. The topological polar surface area (TPSA) is 99.2 Å². The van der Waals surface area contributed by atoms with E-state index < -0.39 is 36.0 Å². The standard InChI is InChI=1S/C21H19NO7/c1-27-17(23)13-22-12-16(28-20(25)14-8-4-2-5-9-14)18(19(22)24)29-21(26)15-10-6-3-7-11-15/h2-11,16,18H,12-13H2,1H3/t16-,18+/m0/s1. The van der Waals surface area contributed by atoms with Gasteiger partial charge in [0, 0.05) is 0 Å². The van der Waals surface area contributed by atoms with E-state index in [4.69, 9.17) is 9.47 Å². The van der Waals surface area contributed by atoms with Crippen molar-refractivity contribution < 1.29 is 33.4 Å². The third kappa shape index (κ3) is 4.78. The summed E-state index contributed by atoms with van der Waals surface area (Å²) in [7, 11) is 1.20. The average Bonchev–Trinajstić information content (AvgIpc) is 3.03. The van der Waals surface area contributed by atoms with Gasteiger partial charge in [0.2, 0.25) is 6.10 Å². The first-order valence-corrected chi connectivity index (χ1v) is 8.87. The minimum Gasteiger partial charge on any atom is -0.468 e. The van der Waals surface area contributed by atoms with Crippen molar-refractivity contribution in [3.8, 4) is 0 Å². The van der Waals surface area contributed by atoms with Crippen LogP contribution in [0.4, 0.5) is 0 Å². The summed E-state index contributed by atoms with van der Waals surface area (Å²) in [6, 6.07) is 16.4. The Hall–Kier alpha value is -3.68. The molecule has 1 amide bonds. The molecular weight excluding hydrogens is 378 g/mol. The Bertz CT molecular complexity index is 898. The number of amides is 1. The molecule has 1 fully saturated rings. The Morgan fingerprint density at radius 2 is 1.41 bits per heavy atom. The quantitative estimate of drug-likeness (QED) is 0.537. The van der Waals surface area contributed by atoms with E-state index in [1.165, 1.54) is 7.11 Å². The van der Waals surface area contributed by atoms with Crippen molar-refractivity contribution in [1.82, 2.24) is 4.90 Å². The second-order valence-corrected chi connectivity index (χ2v) is 6.30. The van der Waals surface area contributed by atoms with Crippen molar-refractivity contribution in [1.29, 1.82) is 0 Å². The van der Waals surface area contributed by atoms with Gasteiger partial charge in [-0.3, -0.25) is 9.59 Å². The van der Waals surface area contributed by atoms with Crippen LogP contribution in [0.5, 0.6) is 0 Å². The van der Waals surface area contributed by atoms with Gasteiger partial charge in [0.1, 0.15) is 6.54 Å². The number of nitrogens with zero attached hydrogens (tertiary/aromatic N) is 1. The highest BCUT2D eigenvalue weighted by molar-refractivity contribution is 5.95.